The zero-order valence-electron chi connectivity index (χ0n) is 13.1. The minimum Gasteiger partial charge on any atom is -0.369 e. The summed E-state index contributed by atoms with van der Waals surface area (Å²) in [6.45, 7) is 7.04. The summed E-state index contributed by atoms with van der Waals surface area (Å²) in [6, 6.07) is 6.68. The van der Waals surface area contributed by atoms with E-state index in [9.17, 15) is 9.18 Å². The lowest BCUT2D eigenvalue weighted by Crippen LogP contribution is -2.52. The van der Waals surface area contributed by atoms with E-state index in [1.54, 1.807) is 0 Å². The van der Waals surface area contributed by atoms with Gasteiger partial charge in [0.25, 0.3) is 0 Å². The predicted octanol–water partition coefficient (Wildman–Crippen LogP) is 0.705. The number of rotatable bonds is 5. The van der Waals surface area contributed by atoms with Crippen molar-refractivity contribution >= 4 is 24.0 Å². The summed E-state index contributed by atoms with van der Waals surface area (Å²) in [7, 11) is 0. The number of piperazine rings is 1. The van der Waals surface area contributed by atoms with E-state index in [4.69, 9.17) is 0 Å². The van der Waals surface area contributed by atoms with Crippen molar-refractivity contribution in [2.24, 2.45) is 5.92 Å². The molecule has 1 amide bonds. The van der Waals surface area contributed by atoms with Crippen LogP contribution < -0.4 is 15.5 Å². The Kier molecular flexibility index (Phi) is 6.62. The average molecular weight is 343 g/mol. The van der Waals surface area contributed by atoms with Crippen LogP contribution in [-0.4, -0.2) is 63.2 Å². The second kappa shape index (κ2) is 8.47. The topological polar surface area (TPSA) is 47.6 Å². The Morgan fingerprint density at radius 3 is 2.39 bits per heavy atom. The highest BCUT2D eigenvalue weighted by atomic mass is 35.5. The van der Waals surface area contributed by atoms with Crippen molar-refractivity contribution in [1.82, 2.24) is 15.5 Å². The molecule has 0 saturated carbocycles. The van der Waals surface area contributed by atoms with Gasteiger partial charge >= 0.3 is 0 Å². The van der Waals surface area contributed by atoms with Crippen LogP contribution in [0.4, 0.5) is 10.1 Å². The molecule has 0 bridgehead atoms. The number of carbonyl (C=O) groups excluding carboxylic acids is 1. The molecule has 2 fully saturated rings. The van der Waals surface area contributed by atoms with Crippen LogP contribution >= 0.6 is 12.4 Å². The molecule has 0 aliphatic carbocycles. The lowest BCUT2D eigenvalue weighted by molar-refractivity contribution is -0.126. The number of carbonyl (C=O) groups is 1. The van der Waals surface area contributed by atoms with E-state index >= 15 is 0 Å². The normalized spacial score (nSPS) is 18.9. The summed E-state index contributed by atoms with van der Waals surface area (Å²) in [6.07, 6.45) is 0. The van der Waals surface area contributed by atoms with Crippen molar-refractivity contribution < 1.29 is 9.18 Å². The van der Waals surface area contributed by atoms with Crippen LogP contribution in [0.15, 0.2) is 24.3 Å². The molecule has 7 heteroatoms. The third-order valence-corrected chi connectivity index (χ3v) is 4.44. The second-order valence-corrected chi connectivity index (χ2v) is 5.95. The molecule has 2 heterocycles. The van der Waals surface area contributed by atoms with Crippen LogP contribution in [0.3, 0.4) is 0 Å². The predicted molar refractivity (Wildman–Crippen MR) is 91.7 cm³/mol. The van der Waals surface area contributed by atoms with Crippen LogP contribution in [0, 0.1) is 11.7 Å². The molecular weight excluding hydrogens is 319 g/mol. The second-order valence-electron chi connectivity index (χ2n) is 5.95. The van der Waals surface area contributed by atoms with Gasteiger partial charge in [0.15, 0.2) is 0 Å². The molecule has 2 N–H and O–H groups in total. The molecule has 2 saturated heterocycles. The third-order valence-electron chi connectivity index (χ3n) is 4.44. The van der Waals surface area contributed by atoms with Crippen molar-refractivity contribution in [3.63, 3.8) is 0 Å². The summed E-state index contributed by atoms with van der Waals surface area (Å²) in [5, 5.41) is 6.11. The van der Waals surface area contributed by atoms with Gasteiger partial charge in [-0.15, -0.1) is 12.4 Å². The number of anilines is 1. The molecule has 1 aromatic carbocycles. The Bertz CT molecular complexity index is 501. The summed E-state index contributed by atoms with van der Waals surface area (Å²) in [4.78, 5) is 16.4. The highest BCUT2D eigenvalue weighted by Gasteiger charge is 2.24. The van der Waals surface area contributed by atoms with Gasteiger partial charge in [0.1, 0.15) is 5.82 Å². The summed E-state index contributed by atoms with van der Waals surface area (Å²) in [5.74, 6) is 0.138. The molecule has 3 rings (SSSR count). The Labute approximate surface area is 142 Å². The minimum absolute atomic E-state index is 0. The first-order chi connectivity index (χ1) is 10.7. The van der Waals surface area contributed by atoms with E-state index in [1.807, 2.05) is 12.1 Å². The van der Waals surface area contributed by atoms with E-state index in [1.165, 1.54) is 12.1 Å². The van der Waals surface area contributed by atoms with Crippen LogP contribution in [0.25, 0.3) is 0 Å². The van der Waals surface area contributed by atoms with E-state index in [0.717, 1.165) is 51.5 Å². The van der Waals surface area contributed by atoms with Crippen molar-refractivity contribution in [3.05, 3.63) is 30.1 Å². The molecule has 0 atom stereocenters. The smallest absolute Gasteiger partial charge is 0.225 e. The maximum Gasteiger partial charge on any atom is 0.225 e. The van der Waals surface area contributed by atoms with Gasteiger partial charge in [-0.2, -0.15) is 0 Å². The van der Waals surface area contributed by atoms with Gasteiger partial charge < -0.3 is 15.5 Å². The standard InChI is InChI=1S/C16H23FN4O.ClH/c17-14-1-3-15(4-2-14)21-9-7-20(8-10-21)6-5-19-16(22)13-11-18-12-13;/h1-4,13,18H,5-12H2,(H,19,22);1H. The molecule has 23 heavy (non-hydrogen) atoms. The fourth-order valence-electron chi connectivity index (χ4n) is 2.84. The SMILES string of the molecule is Cl.O=C(NCCN1CCN(c2ccc(F)cc2)CC1)C1CNC1. The van der Waals surface area contributed by atoms with E-state index in [-0.39, 0.29) is 30.0 Å². The number of amides is 1. The number of nitrogens with zero attached hydrogens (tertiary/aromatic N) is 2. The van der Waals surface area contributed by atoms with E-state index in [2.05, 4.69) is 20.4 Å². The number of hydrogen-bond donors (Lipinski definition) is 2. The largest absolute Gasteiger partial charge is 0.369 e. The summed E-state index contributed by atoms with van der Waals surface area (Å²) < 4.78 is 12.9. The molecule has 2 aliphatic heterocycles. The number of nitrogens with one attached hydrogen (secondary N) is 2. The van der Waals surface area contributed by atoms with Gasteiger partial charge in [-0.3, -0.25) is 9.69 Å². The highest BCUT2D eigenvalue weighted by molar-refractivity contribution is 5.85. The van der Waals surface area contributed by atoms with Gasteiger partial charge in [-0.05, 0) is 24.3 Å². The highest BCUT2D eigenvalue weighted by Crippen LogP contribution is 2.16. The van der Waals surface area contributed by atoms with Crippen LogP contribution in [0.2, 0.25) is 0 Å². The Balaban J connectivity index is 0.00000192. The maximum atomic E-state index is 12.9. The lowest BCUT2D eigenvalue weighted by atomic mass is 10.0. The van der Waals surface area contributed by atoms with Gasteiger partial charge in [-0.25, -0.2) is 4.39 Å². The Morgan fingerprint density at radius 1 is 1.17 bits per heavy atom. The number of hydrogen-bond acceptors (Lipinski definition) is 4. The zero-order chi connectivity index (χ0) is 15.4. The Morgan fingerprint density at radius 2 is 1.83 bits per heavy atom. The molecule has 128 valence electrons. The molecule has 1 aromatic rings. The van der Waals surface area contributed by atoms with Crippen molar-refractivity contribution in [3.8, 4) is 0 Å². The fraction of sp³-hybridized carbons (Fsp3) is 0.562. The molecule has 0 radical (unpaired) electrons. The number of benzene rings is 1. The quantitative estimate of drug-likeness (QED) is 0.827. The van der Waals surface area contributed by atoms with Gasteiger partial charge in [0, 0.05) is 58.0 Å². The maximum absolute atomic E-state index is 12.9. The molecule has 0 spiro atoms. The van der Waals surface area contributed by atoms with Gasteiger partial charge in [-0.1, -0.05) is 0 Å². The molecule has 0 aromatic heterocycles. The average Bonchev–Trinajstić information content (AvgIpc) is 2.47. The monoisotopic (exact) mass is 342 g/mol. The van der Waals surface area contributed by atoms with Crippen LogP contribution in [0.1, 0.15) is 0 Å². The zero-order valence-corrected chi connectivity index (χ0v) is 13.9. The Hall–Kier alpha value is -1.37. The molecule has 0 unspecified atom stereocenters. The summed E-state index contributed by atoms with van der Waals surface area (Å²) >= 11 is 0. The van der Waals surface area contributed by atoms with Crippen molar-refractivity contribution in [2.75, 3.05) is 57.3 Å². The van der Waals surface area contributed by atoms with Gasteiger partial charge in [0.2, 0.25) is 5.91 Å². The molecule has 5 nitrogen and oxygen atoms in total. The first-order valence-corrected chi connectivity index (χ1v) is 7.94. The first-order valence-electron chi connectivity index (χ1n) is 7.94. The van der Waals surface area contributed by atoms with Crippen molar-refractivity contribution in [1.29, 1.82) is 0 Å². The minimum atomic E-state index is -0.195. The lowest BCUT2D eigenvalue weighted by Gasteiger charge is -2.36. The summed E-state index contributed by atoms with van der Waals surface area (Å²) in [5.41, 5.74) is 1.08. The first kappa shape index (κ1) is 18.0. The number of halogens is 2. The van der Waals surface area contributed by atoms with Crippen LogP contribution in [0.5, 0.6) is 0 Å². The van der Waals surface area contributed by atoms with E-state index in [0.29, 0.717) is 6.54 Å². The van der Waals surface area contributed by atoms with E-state index < -0.39 is 0 Å². The fourth-order valence-corrected chi connectivity index (χ4v) is 2.84. The third kappa shape index (κ3) is 4.80. The molecule has 2 aliphatic rings. The van der Waals surface area contributed by atoms with Gasteiger partial charge in [0.05, 0.1) is 5.92 Å². The molecular formula is C16H24ClFN4O. The van der Waals surface area contributed by atoms with Crippen LogP contribution in [-0.2, 0) is 4.79 Å². The van der Waals surface area contributed by atoms with Crippen molar-refractivity contribution in [2.45, 2.75) is 0 Å².